The predicted octanol–water partition coefficient (Wildman–Crippen LogP) is 1.76. The van der Waals surface area contributed by atoms with Crippen LogP contribution in [0.3, 0.4) is 0 Å². The second-order valence-corrected chi connectivity index (χ2v) is 4.37. The summed E-state index contributed by atoms with van der Waals surface area (Å²) in [5.41, 5.74) is 6.12. The molecule has 1 atom stereocenters. The van der Waals surface area contributed by atoms with Gasteiger partial charge in [-0.2, -0.15) is 0 Å². The summed E-state index contributed by atoms with van der Waals surface area (Å²) < 4.78 is 0. The highest BCUT2D eigenvalue weighted by Crippen LogP contribution is 2.17. The molecule has 2 radical (unpaired) electrons. The average molecular weight is 224 g/mol. The van der Waals surface area contributed by atoms with Gasteiger partial charge in [0.05, 0.1) is 5.02 Å². The third-order valence-electron chi connectivity index (χ3n) is 1.88. The van der Waals surface area contributed by atoms with E-state index in [1.807, 2.05) is 0 Å². The minimum absolute atomic E-state index is 0.0264. The van der Waals surface area contributed by atoms with Crippen LogP contribution in [0.25, 0.3) is 0 Å². The molecule has 2 N–H and O–H groups in total. The fourth-order valence-corrected chi connectivity index (χ4v) is 1.53. The highest BCUT2D eigenvalue weighted by molar-refractivity contribution is 6.33. The monoisotopic (exact) mass is 223 g/mol. The van der Waals surface area contributed by atoms with E-state index in [1.165, 1.54) is 0 Å². The van der Waals surface area contributed by atoms with Crippen molar-refractivity contribution in [3.8, 4) is 0 Å². The summed E-state index contributed by atoms with van der Waals surface area (Å²) in [6.45, 7) is 0. The summed E-state index contributed by atoms with van der Waals surface area (Å²) >= 11 is 8.34. The highest BCUT2D eigenvalue weighted by Gasteiger charge is 2.09. The lowest BCUT2D eigenvalue weighted by molar-refractivity contribution is 0.0980. The van der Waals surface area contributed by atoms with Crippen LogP contribution in [0.5, 0.6) is 0 Å². The van der Waals surface area contributed by atoms with Crippen molar-refractivity contribution < 1.29 is 4.79 Å². The first-order valence-corrected chi connectivity index (χ1v) is 5.44. The van der Waals surface area contributed by atoms with Crippen LogP contribution in [0.1, 0.15) is 23.2 Å². The second kappa shape index (κ2) is 5.53. The fourth-order valence-electron chi connectivity index (χ4n) is 1.12. The van der Waals surface area contributed by atoms with Gasteiger partial charge in [-0.15, -0.1) is 0 Å². The van der Waals surface area contributed by atoms with Crippen molar-refractivity contribution in [2.75, 3.05) is 0 Å². The van der Waals surface area contributed by atoms with Crippen molar-refractivity contribution in [3.05, 3.63) is 34.9 Å². The molecule has 72 valence electrons. The van der Waals surface area contributed by atoms with Crippen LogP contribution < -0.4 is 5.73 Å². The number of carbonyl (C=O) groups is 1. The first kappa shape index (κ1) is 11.7. The molecule has 0 spiro atoms. The average Bonchev–Trinajstić information content (AvgIpc) is 2.15. The van der Waals surface area contributed by atoms with Crippen molar-refractivity contribution in [3.63, 3.8) is 0 Å². The molecule has 0 aliphatic carbocycles. The number of hydrogen-bond donors (Lipinski definition) is 1. The van der Waals surface area contributed by atoms with E-state index in [0.717, 1.165) is 0 Å². The van der Waals surface area contributed by atoms with Gasteiger partial charge in [0.15, 0.2) is 5.78 Å². The minimum Gasteiger partial charge on any atom is -0.343 e. The lowest BCUT2D eigenvalue weighted by Gasteiger charge is -2.05. The molecule has 1 aromatic rings. The number of hydrogen-bond acceptors (Lipinski definition) is 2. The molecular weight excluding hydrogens is 213 g/mol. The molecule has 0 aromatic heterocycles. The molecule has 0 fully saturated rings. The lowest BCUT2D eigenvalue weighted by atomic mass is 10.1. The maximum atomic E-state index is 11.6. The van der Waals surface area contributed by atoms with E-state index >= 15 is 0 Å². The fraction of sp³-hybridized carbons (Fsp3) is 0.300. The van der Waals surface area contributed by atoms with E-state index in [1.54, 1.807) is 24.3 Å². The number of rotatable bonds is 4. The maximum Gasteiger partial charge on any atom is 0.164 e. The lowest BCUT2D eigenvalue weighted by Crippen LogP contribution is -2.20. The molecule has 14 heavy (non-hydrogen) atoms. The summed E-state index contributed by atoms with van der Waals surface area (Å²) in [5, 5.41) is 0.509. The van der Waals surface area contributed by atoms with Gasteiger partial charge in [0.1, 0.15) is 16.3 Å². The minimum atomic E-state index is -0.0264. The second-order valence-electron chi connectivity index (χ2n) is 3.11. The van der Waals surface area contributed by atoms with Crippen LogP contribution in [-0.4, -0.2) is 27.0 Å². The zero-order chi connectivity index (χ0) is 10.6. The Balaban J connectivity index is 2.65. The number of ketones is 1. The Bertz CT molecular complexity index is 328. The Morgan fingerprint density at radius 3 is 2.71 bits per heavy atom. The van der Waals surface area contributed by atoms with Crippen LogP contribution in [0, 0.1) is 0 Å². The molecule has 2 nitrogen and oxygen atoms in total. The van der Waals surface area contributed by atoms with E-state index < -0.39 is 0 Å². The number of carbonyl (C=O) groups excluding carboxylic acids is 1. The van der Waals surface area contributed by atoms with Gasteiger partial charge in [0, 0.05) is 12.0 Å². The largest absolute Gasteiger partial charge is 0.343 e. The first-order valence-electron chi connectivity index (χ1n) is 4.40. The Morgan fingerprint density at radius 1 is 1.50 bits per heavy atom. The van der Waals surface area contributed by atoms with Crippen LogP contribution in [0.15, 0.2) is 24.3 Å². The van der Waals surface area contributed by atoms with Crippen LogP contribution in [0.4, 0.5) is 0 Å². The molecule has 1 aromatic carbocycles. The van der Waals surface area contributed by atoms with Crippen LogP contribution >= 0.6 is 11.6 Å². The van der Waals surface area contributed by atoms with Crippen molar-refractivity contribution >= 4 is 33.7 Å². The number of nitrogens with two attached hydrogens (primary N) is 1. The zero-order valence-electron chi connectivity index (χ0n) is 7.74. The van der Waals surface area contributed by atoms with Crippen molar-refractivity contribution in [1.29, 1.82) is 0 Å². The van der Waals surface area contributed by atoms with Gasteiger partial charge < -0.3 is 5.73 Å². The quantitative estimate of drug-likeness (QED) is 0.624. The summed E-state index contributed by atoms with van der Waals surface area (Å²) in [4.78, 5) is 11.6. The van der Waals surface area contributed by atoms with E-state index in [-0.39, 0.29) is 10.7 Å². The Labute approximate surface area is 96.9 Å². The molecule has 0 aliphatic heterocycles. The standard InChI is InChI=1S/C10H11ClNO.Al/c11-9-5-2-1-4-8(9)10(13)6-3-7-12;/h1-2,4-5,7H,3,6,12H2;. The predicted molar refractivity (Wildman–Crippen MR) is 58.7 cm³/mol. The molecule has 0 aliphatic rings. The zero-order valence-corrected chi connectivity index (χ0v) is 9.65. The van der Waals surface area contributed by atoms with Gasteiger partial charge in [0.2, 0.25) is 0 Å². The number of Topliss-reactive ketones (excluding diaryl/α,β-unsaturated/α-hetero) is 1. The van der Waals surface area contributed by atoms with Gasteiger partial charge >= 0.3 is 0 Å². The molecule has 0 amide bonds. The molecule has 4 heteroatoms. The third-order valence-corrected chi connectivity index (χ3v) is 2.54. The molecule has 1 rings (SSSR count). The molecule has 1 unspecified atom stereocenters. The normalized spacial score (nSPS) is 12.4. The smallest absolute Gasteiger partial charge is 0.164 e. The summed E-state index contributed by atoms with van der Waals surface area (Å²) in [6, 6.07) is 7.06. The van der Waals surface area contributed by atoms with Crippen LogP contribution in [-0.2, 0) is 0 Å². The van der Waals surface area contributed by atoms with E-state index in [9.17, 15) is 4.79 Å². The molecule has 0 saturated heterocycles. The van der Waals surface area contributed by atoms with E-state index in [0.29, 0.717) is 23.4 Å². The van der Waals surface area contributed by atoms with Gasteiger partial charge in [0.25, 0.3) is 0 Å². The summed E-state index contributed by atoms with van der Waals surface area (Å²) in [7, 11) is 0. The molecule has 0 saturated carbocycles. The van der Waals surface area contributed by atoms with Crippen molar-refractivity contribution in [1.82, 2.24) is 0 Å². The number of halogens is 1. The van der Waals surface area contributed by atoms with Crippen LogP contribution in [0.2, 0.25) is 5.02 Å². The third kappa shape index (κ3) is 3.44. The molecule has 0 bridgehead atoms. The van der Waals surface area contributed by atoms with E-state index in [4.69, 9.17) is 17.3 Å². The summed E-state index contributed by atoms with van der Waals surface area (Å²) in [5.74, 6) is 0.0495. The maximum absolute atomic E-state index is 11.6. The topological polar surface area (TPSA) is 43.1 Å². The van der Waals surface area contributed by atoms with Gasteiger partial charge in [-0.1, -0.05) is 28.6 Å². The highest BCUT2D eigenvalue weighted by atomic mass is 35.5. The van der Waals surface area contributed by atoms with Crippen molar-refractivity contribution in [2.24, 2.45) is 5.73 Å². The van der Waals surface area contributed by atoms with Gasteiger partial charge in [-0.05, 0) is 18.6 Å². The first-order chi connectivity index (χ1) is 6.61. The van der Waals surface area contributed by atoms with Crippen molar-refractivity contribution in [2.45, 2.75) is 17.7 Å². The van der Waals surface area contributed by atoms with Gasteiger partial charge in [-0.3, -0.25) is 4.79 Å². The Morgan fingerprint density at radius 2 is 2.14 bits per heavy atom. The SMILES string of the molecule is N[CH]([Al])CCC(=O)c1ccccc1Cl. The Hall–Kier alpha value is -0.328. The molecule has 0 heterocycles. The van der Waals surface area contributed by atoms with Gasteiger partial charge in [-0.25, -0.2) is 0 Å². The summed E-state index contributed by atoms with van der Waals surface area (Å²) in [6.07, 6.45) is 1.10. The Kier molecular flexibility index (Phi) is 4.64. The van der Waals surface area contributed by atoms with E-state index in [2.05, 4.69) is 16.3 Å². The molecular formula is C10H11AlClNO. The number of benzene rings is 1.